The monoisotopic (exact) mass is 366 g/mol. The van der Waals surface area contributed by atoms with E-state index in [4.69, 9.17) is 30.9 Å². The highest BCUT2D eigenvalue weighted by molar-refractivity contribution is 6.43. The maximum atomic E-state index is 5.58. The molecule has 2 aliphatic rings. The van der Waals surface area contributed by atoms with Crippen LogP contribution in [0.4, 0.5) is 0 Å². The van der Waals surface area contributed by atoms with Crippen LogP contribution in [0.2, 0.25) is 0 Å². The third-order valence-electron chi connectivity index (χ3n) is 5.47. The second kappa shape index (κ2) is 13.4. The van der Waals surface area contributed by atoms with Gasteiger partial charge in [-0.2, -0.15) is 0 Å². The molecule has 0 amide bonds. The van der Waals surface area contributed by atoms with E-state index in [0.717, 1.165) is 0 Å². The van der Waals surface area contributed by atoms with Crippen molar-refractivity contribution < 1.29 is 9.47 Å². The van der Waals surface area contributed by atoms with Crippen LogP contribution in [-0.2, 0) is 9.47 Å². The Morgan fingerprint density at radius 1 is 0.731 bits per heavy atom. The predicted octanol–water partition coefficient (Wildman–Crippen LogP) is 2.89. The van der Waals surface area contributed by atoms with Crippen LogP contribution in [-0.4, -0.2) is 51.2 Å². The first-order valence-corrected chi connectivity index (χ1v) is 10.5. The highest BCUT2D eigenvalue weighted by Crippen LogP contribution is 2.31. The summed E-state index contributed by atoms with van der Waals surface area (Å²) in [7, 11) is 0. The maximum absolute atomic E-state index is 5.58. The molecule has 0 aromatic rings. The molecular weight excluding hydrogens is 328 g/mol. The summed E-state index contributed by atoms with van der Waals surface area (Å²) in [6.07, 6.45) is 12.8. The average molecular weight is 367 g/mol. The van der Waals surface area contributed by atoms with Gasteiger partial charge in [-0.15, -0.1) is 0 Å². The lowest BCUT2D eigenvalue weighted by atomic mass is 9.77. The highest BCUT2D eigenvalue weighted by atomic mass is 16.5. The minimum absolute atomic E-state index is 0.255. The van der Waals surface area contributed by atoms with E-state index in [2.05, 4.69) is 0 Å². The number of nitrogens with two attached hydrogens (primary N) is 2. The first-order chi connectivity index (χ1) is 12.9. The van der Waals surface area contributed by atoms with Gasteiger partial charge in [0.05, 0.1) is 37.9 Å². The van der Waals surface area contributed by atoms with Crippen molar-refractivity contribution in [2.45, 2.75) is 64.2 Å². The summed E-state index contributed by atoms with van der Waals surface area (Å²) in [6, 6.07) is 0. The molecule has 0 atom stereocenters. The molecule has 2 rings (SSSR count). The van der Waals surface area contributed by atoms with Gasteiger partial charge in [0.1, 0.15) is 6.73 Å². The van der Waals surface area contributed by atoms with Crippen molar-refractivity contribution >= 4 is 11.4 Å². The fourth-order valence-electron chi connectivity index (χ4n) is 4.17. The average Bonchev–Trinajstić information content (AvgIpc) is 2.70. The van der Waals surface area contributed by atoms with Crippen LogP contribution < -0.4 is 11.5 Å². The molecule has 4 N–H and O–H groups in total. The lowest BCUT2D eigenvalue weighted by molar-refractivity contribution is 0.149. The van der Waals surface area contributed by atoms with Crippen LogP contribution in [0.15, 0.2) is 9.98 Å². The van der Waals surface area contributed by atoms with Gasteiger partial charge in [-0.1, -0.05) is 38.5 Å². The van der Waals surface area contributed by atoms with Crippen molar-refractivity contribution in [2.24, 2.45) is 33.3 Å². The van der Waals surface area contributed by atoms with E-state index >= 15 is 0 Å². The third kappa shape index (κ3) is 7.43. The summed E-state index contributed by atoms with van der Waals surface area (Å²) >= 11 is 0. The summed E-state index contributed by atoms with van der Waals surface area (Å²) in [4.78, 5) is 9.89. The van der Waals surface area contributed by atoms with E-state index in [9.17, 15) is 0 Å². The Morgan fingerprint density at radius 3 is 1.85 bits per heavy atom. The van der Waals surface area contributed by atoms with Gasteiger partial charge in [-0.05, 0) is 25.7 Å². The summed E-state index contributed by atoms with van der Waals surface area (Å²) < 4.78 is 10.9. The molecule has 26 heavy (non-hydrogen) atoms. The van der Waals surface area contributed by atoms with Crippen molar-refractivity contribution in [2.75, 3.05) is 39.8 Å². The van der Waals surface area contributed by atoms with Gasteiger partial charge >= 0.3 is 0 Å². The zero-order chi connectivity index (χ0) is 18.5. The topological polar surface area (TPSA) is 95.2 Å². The van der Waals surface area contributed by atoms with Gasteiger partial charge in [0.15, 0.2) is 0 Å². The van der Waals surface area contributed by atoms with E-state index in [1.807, 2.05) is 0 Å². The van der Waals surface area contributed by atoms with Crippen molar-refractivity contribution in [3.05, 3.63) is 0 Å². The molecule has 0 radical (unpaired) electrons. The van der Waals surface area contributed by atoms with Crippen molar-refractivity contribution in [1.29, 1.82) is 0 Å². The summed E-state index contributed by atoms with van der Waals surface area (Å²) in [5.74, 6) is 1.07. The lowest BCUT2D eigenvalue weighted by Gasteiger charge is -2.30. The normalized spacial score (nSPS) is 21.3. The van der Waals surface area contributed by atoms with Gasteiger partial charge < -0.3 is 20.9 Å². The van der Waals surface area contributed by atoms with Crippen molar-refractivity contribution in [1.82, 2.24) is 0 Å². The minimum atomic E-state index is 0.255. The van der Waals surface area contributed by atoms with Crippen LogP contribution in [0.1, 0.15) is 64.2 Å². The zero-order valence-corrected chi connectivity index (χ0v) is 16.3. The van der Waals surface area contributed by atoms with Crippen LogP contribution >= 0.6 is 0 Å². The predicted molar refractivity (Wildman–Crippen MR) is 108 cm³/mol. The molecule has 0 aromatic heterocycles. The molecule has 150 valence electrons. The molecule has 0 aromatic carbocycles. The largest absolute Gasteiger partial charge is 0.365 e. The number of ether oxygens (including phenoxy) is 2. The molecule has 0 heterocycles. The van der Waals surface area contributed by atoms with Gasteiger partial charge in [-0.25, -0.2) is 0 Å². The molecule has 0 saturated heterocycles. The number of hydrogen-bond donors (Lipinski definition) is 2. The van der Waals surface area contributed by atoms with E-state index in [1.54, 1.807) is 0 Å². The standard InChI is InChI=1S/C20H38N4O2/c21-11-13-26-16-24-20(18-9-5-2-6-10-18)19(23-12-14-25-15-22)17-7-3-1-4-8-17/h17-18H,1-16,21-22H2/b23-19+,24-20+. The molecule has 2 saturated carbocycles. The SMILES string of the molecule is NCCOC/N=C(/C(=N/CCOCN)C1CCCCC1)C1CCCCC1. The van der Waals surface area contributed by atoms with Crippen LogP contribution in [0, 0.1) is 11.8 Å². The highest BCUT2D eigenvalue weighted by Gasteiger charge is 2.29. The summed E-state index contributed by atoms with van der Waals surface area (Å²) in [6.45, 7) is 2.99. The van der Waals surface area contributed by atoms with E-state index < -0.39 is 0 Å². The fourth-order valence-corrected chi connectivity index (χ4v) is 4.17. The molecule has 0 bridgehead atoms. The molecule has 2 fully saturated rings. The Labute approximate surface area is 158 Å². The Balaban J connectivity index is 2.16. The number of rotatable bonds is 11. The van der Waals surface area contributed by atoms with E-state index in [-0.39, 0.29) is 6.73 Å². The maximum Gasteiger partial charge on any atom is 0.137 e. The Hall–Kier alpha value is -0.820. The lowest BCUT2D eigenvalue weighted by Crippen LogP contribution is -2.33. The Morgan fingerprint density at radius 2 is 1.31 bits per heavy atom. The van der Waals surface area contributed by atoms with Gasteiger partial charge in [0, 0.05) is 18.4 Å². The van der Waals surface area contributed by atoms with Gasteiger partial charge in [0.2, 0.25) is 0 Å². The molecule has 0 spiro atoms. The summed E-state index contributed by atoms with van der Waals surface area (Å²) in [5, 5.41) is 0. The third-order valence-corrected chi connectivity index (χ3v) is 5.47. The molecular formula is C20H38N4O2. The van der Waals surface area contributed by atoms with E-state index in [1.165, 1.54) is 75.6 Å². The molecule has 0 unspecified atom stereocenters. The number of nitrogens with zero attached hydrogens (tertiary/aromatic N) is 2. The number of aliphatic imine (C=N–C) groups is 2. The Kier molecular flexibility index (Phi) is 11.0. The molecule has 6 heteroatoms. The van der Waals surface area contributed by atoms with Gasteiger partial charge in [-0.3, -0.25) is 9.98 Å². The smallest absolute Gasteiger partial charge is 0.137 e. The molecule has 0 aliphatic heterocycles. The summed E-state index contributed by atoms with van der Waals surface area (Å²) in [5.41, 5.74) is 13.4. The quantitative estimate of drug-likeness (QED) is 0.334. The minimum Gasteiger partial charge on any atom is -0.365 e. The second-order valence-corrected chi connectivity index (χ2v) is 7.38. The first kappa shape index (κ1) is 21.5. The van der Waals surface area contributed by atoms with Gasteiger partial charge in [0.25, 0.3) is 0 Å². The molecule has 2 aliphatic carbocycles. The van der Waals surface area contributed by atoms with Crippen molar-refractivity contribution in [3.63, 3.8) is 0 Å². The second-order valence-electron chi connectivity index (χ2n) is 7.38. The zero-order valence-electron chi connectivity index (χ0n) is 16.3. The van der Waals surface area contributed by atoms with E-state index in [0.29, 0.717) is 44.9 Å². The first-order valence-electron chi connectivity index (χ1n) is 10.5. The Bertz CT molecular complexity index is 388. The van der Waals surface area contributed by atoms with Crippen LogP contribution in [0.5, 0.6) is 0 Å². The van der Waals surface area contributed by atoms with Crippen LogP contribution in [0.3, 0.4) is 0 Å². The van der Waals surface area contributed by atoms with Crippen LogP contribution in [0.25, 0.3) is 0 Å². The van der Waals surface area contributed by atoms with Crippen molar-refractivity contribution in [3.8, 4) is 0 Å². The fraction of sp³-hybridized carbons (Fsp3) is 0.900. The molecule has 6 nitrogen and oxygen atoms in total. The number of hydrogen-bond acceptors (Lipinski definition) is 6.